The number of benzene rings is 2. The Balaban J connectivity index is 1.76. The summed E-state index contributed by atoms with van der Waals surface area (Å²) in [6.07, 6.45) is 1.62. The van der Waals surface area contributed by atoms with E-state index in [1.54, 1.807) is 42.7 Å². The lowest BCUT2D eigenvalue weighted by atomic mass is 10.1. The fraction of sp³-hybridized carbons (Fsp3) is 0.176. The fourth-order valence-corrected chi connectivity index (χ4v) is 3.05. The molecule has 0 aliphatic carbocycles. The van der Waals surface area contributed by atoms with Crippen molar-refractivity contribution in [3.63, 3.8) is 0 Å². The standard InChI is InChI=1S/C17H16N2O4S/c1-24(22)10-11-3-2-4-12(7-11)17(21)18-13-5-6-15-14(8-13)19-16(20)9-23-15/h2-8H,9-10H2,1H3,(H,18,21)(H,19,20). The lowest BCUT2D eigenvalue weighted by Crippen LogP contribution is -2.25. The van der Waals surface area contributed by atoms with E-state index in [-0.39, 0.29) is 18.4 Å². The number of anilines is 2. The van der Waals surface area contributed by atoms with Crippen molar-refractivity contribution < 1.29 is 18.5 Å². The maximum absolute atomic E-state index is 12.4. The minimum Gasteiger partial charge on any atom is -0.482 e. The molecular weight excluding hydrogens is 328 g/mol. The van der Waals surface area contributed by atoms with Crippen LogP contribution in [-0.4, -0.2) is 28.9 Å². The van der Waals surface area contributed by atoms with E-state index >= 15 is 0 Å². The van der Waals surface area contributed by atoms with E-state index in [2.05, 4.69) is 10.6 Å². The van der Waals surface area contributed by atoms with Crippen LogP contribution in [0.5, 0.6) is 5.75 Å². The molecule has 24 heavy (non-hydrogen) atoms. The molecule has 2 amide bonds. The summed E-state index contributed by atoms with van der Waals surface area (Å²) in [5, 5.41) is 5.48. The van der Waals surface area contributed by atoms with Crippen LogP contribution in [0.2, 0.25) is 0 Å². The molecule has 2 N–H and O–H groups in total. The van der Waals surface area contributed by atoms with Gasteiger partial charge in [0.2, 0.25) is 0 Å². The van der Waals surface area contributed by atoms with Crippen LogP contribution in [0, 0.1) is 0 Å². The molecule has 2 aromatic rings. The highest BCUT2D eigenvalue weighted by Gasteiger charge is 2.16. The fourth-order valence-electron chi connectivity index (χ4n) is 2.40. The van der Waals surface area contributed by atoms with E-state index in [9.17, 15) is 13.8 Å². The molecule has 0 aromatic heterocycles. The van der Waals surface area contributed by atoms with Crippen molar-refractivity contribution in [2.75, 3.05) is 23.5 Å². The third kappa shape index (κ3) is 3.80. The molecule has 0 fully saturated rings. The van der Waals surface area contributed by atoms with Gasteiger partial charge in [-0.2, -0.15) is 0 Å². The van der Waals surface area contributed by atoms with Crippen LogP contribution in [0.1, 0.15) is 15.9 Å². The second kappa shape index (κ2) is 6.84. The Morgan fingerprint density at radius 3 is 2.92 bits per heavy atom. The highest BCUT2D eigenvalue weighted by molar-refractivity contribution is 7.83. The largest absolute Gasteiger partial charge is 0.482 e. The van der Waals surface area contributed by atoms with Crippen molar-refractivity contribution in [2.24, 2.45) is 0 Å². The van der Waals surface area contributed by atoms with Gasteiger partial charge in [0.05, 0.1) is 5.69 Å². The predicted octanol–water partition coefficient (Wildman–Crippen LogP) is 2.15. The van der Waals surface area contributed by atoms with Gasteiger partial charge in [0.15, 0.2) is 6.61 Å². The molecule has 3 rings (SSSR count). The molecule has 6 nitrogen and oxygen atoms in total. The molecule has 0 saturated heterocycles. The van der Waals surface area contributed by atoms with Gasteiger partial charge in [-0.15, -0.1) is 0 Å². The first kappa shape index (κ1) is 16.2. The molecular formula is C17H16N2O4S. The SMILES string of the molecule is CS(=O)Cc1cccc(C(=O)Nc2ccc3c(c2)NC(=O)CO3)c1. The second-order valence-electron chi connectivity index (χ2n) is 5.42. The van der Waals surface area contributed by atoms with Crippen LogP contribution in [0.25, 0.3) is 0 Å². The van der Waals surface area contributed by atoms with Gasteiger partial charge in [-0.3, -0.25) is 13.8 Å². The molecule has 1 atom stereocenters. The van der Waals surface area contributed by atoms with Gasteiger partial charge in [0.1, 0.15) is 5.75 Å². The Labute approximate surface area is 141 Å². The summed E-state index contributed by atoms with van der Waals surface area (Å²) in [4.78, 5) is 23.7. The van der Waals surface area contributed by atoms with Crippen LogP contribution in [-0.2, 0) is 21.3 Å². The van der Waals surface area contributed by atoms with E-state index in [0.29, 0.717) is 28.4 Å². The van der Waals surface area contributed by atoms with Crippen molar-refractivity contribution >= 4 is 34.0 Å². The predicted molar refractivity (Wildman–Crippen MR) is 92.7 cm³/mol. The molecule has 0 radical (unpaired) electrons. The van der Waals surface area contributed by atoms with Crippen LogP contribution in [0.4, 0.5) is 11.4 Å². The second-order valence-corrected chi connectivity index (χ2v) is 6.85. The molecule has 1 aliphatic heterocycles. The van der Waals surface area contributed by atoms with Crippen LogP contribution in [0.15, 0.2) is 42.5 Å². The summed E-state index contributed by atoms with van der Waals surface area (Å²) in [6.45, 7) is -0.00963. The van der Waals surface area contributed by atoms with Crippen LogP contribution >= 0.6 is 0 Å². The van der Waals surface area contributed by atoms with E-state index in [1.807, 2.05) is 6.07 Å². The summed E-state index contributed by atoms with van der Waals surface area (Å²) >= 11 is 0. The van der Waals surface area contributed by atoms with Crippen LogP contribution < -0.4 is 15.4 Å². The number of hydrogen-bond donors (Lipinski definition) is 2. The van der Waals surface area contributed by atoms with E-state index < -0.39 is 10.8 Å². The summed E-state index contributed by atoms with van der Waals surface area (Å²) < 4.78 is 16.6. The molecule has 124 valence electrons. The maximum Gasteiger partial charge on any atom is 0.262 e. The smallest absolute Gasteiger partial charge is 0.262 e. The number of hydrogen-bond acceptors (Lipinski definition) is 4. The molecule has 0 bridgehead atoms. The minimum atomic E-state index is -0.967. The first-order valence-electron chi connectivity index (χ1n) is 7.28. The highest BCUT2D eigenvalue weighted by Crippen LogP contribution is 2.30. The van der Waals surface area contributed by atoms with Crippen molar-refractivity contribution in [1.29, 1.82) is 0 Å². The van der Waals surface area contributed by atoms with E-state index in [1.165, 1.54) is 0 Å². The van der Waals surface area contributed by atoms with Gasteiger partial charge in [0, 0.05) is 34.1 Å². The average Bonchev–Trinajstić information content (AvgIpc) is 2.54. The topological polar surface area (TPSA) is 84.5 Å². The Kier molecular flexibility index (Phi) is 4.61. The quantitative estimate of drug-likeness (QED) is 0.890. The molecule has 2 aromatic carbocycles. The zero-order chi connectivity index (χ0) is 17.1. The van der Waals surface area contributed by atoms with Crippen molar-refractivity contribution in [3.05, 3.63) is 53.6 Å². The summed E-state index contributed by atoms with van der Waals surface area (Å²) in [5.74, 6) is 0.469. The van der Waals surface area contributed by atoms with E-state index in [4.69, 9.17) is 4.74 Å². The van der Waals surface area contributed by atoms with Gasteiger partial charge in [0.25, 0.3) is 11.8 Å². The molecule has 1 aliphatic rings. The van der Waals surface area contributed by atoms with Gasteiger partial charge in [-0.05, 0) is 35.9 Å². The lowest BCUT2D eigenvalue weighted by Gasteiger charge is -2.18. The monoisotopic (exact) mass is 344 g/mol. The van der Waals surface area contributed by atoms with Gasteiger partial charge in [-0.25, -0.2) is 0 Å². The Bertz CT molecular complexity index is 835. The molecule has 1 unspecified atom stereocenters. The van der Waals surface area contributed by atoms with E-state index in [0.717, 1.165) is 5.56 Å². The number of carbonyl (C=O) groups is 2. The van der Waals surface area contributed by atoms with Crippen LogP contribution in [0.3, 0.4) is 0 Å². The average molecular weight is 344 g/mol. The molecule has 0 saturated carbocycles. The number of carbonyl (C=O) groups excluding carboxylic acids is 2. The number of amides is 2. The number of ether oxygens (including phenoxy) is 1. The zero-order valence-corrected chi connectivity index (χ0v) is 13.8. The maximum atomic E-state index is 12.4. The number of nitrogens with one attached hydrogen (secondary N) is 2. The van der Waals surface area contributed by atoms with Crippen molar-refractivity contribution in [3.8, 4) is 5.75 Å². The minimum absolute atomic E-state index is 0.00963. The first-order chi connectivity index (χ1) is 11.5. The highest BCUT2D eigenvalue weighted by atomic mass is 32.2. The first-order valence-corrected chi connectivity index (χ1v) is 9.01. The summed E-state index contributed by atoms with van der Waals surface area (Å²) in [6, 6.07) is 12.1. The zero-order valence-electron chi connectivity index (χ0n) is 13.0. The van der Waals surface area contributed by atoms with Gasteiger partial charge < -0.3 is 15.4 Å². The molecule has 0 spiro atoms. The lowest BCUT2D eigenvalue weighted by molar-refractivity contribution is -0.118. The third-order valence-corrected chi connectivity index (χ3v) is 4.17. The Morgan fingerprint density at radius 1 is 1.29 bits per heavy atom. The Hall–Kier alpha value is -2.67. The summed E-state index contributed by atoms with van der Waals surface area (Å²) in [7, 11) is -0.967. The van der Waals surface area contributed by atoms with Gasteiger partial charge in [-0.1, -0.05) is 12.1 Å². The molecule has 7 heteroatoms. The Morgan fingerprint density at radius 2 is 2.12 bits per heavy atom. The number of fused-ring (bicyclic) bond motifs is 1. The van der Waals surface area contributed by atoms with Crippen molar-refractivity contribution in [2.45, 2.75) is 5.75 Å². The molecule has 1 heterocycles. The number of rotatable bonds is 4. The normalized spacial score (nSPS) is 14.1. The van der Waals surface area contributed by atoms with Crippen molar-refractivity contribution in [1.82, 2.24) is 0 Å². The summed E-state index contributed by atoms with van der Waals surface area (Å²) in [5.41, 5.74) is 2.40. The van der Waals surface area contributed by atoms with Gasteiger partial charge >= 0.3 is 0 Å². The third-order valence-electron chi connectivity index (χ3n) is 3.43.